The summed E-state index contributed by atoms with van der Waals surface area (Å²) in [4.78, 5) is 28.3. The first-order valence-electron chi connectivity index (χ1n) is 14.9. The Kier molecular flexibility index (Phi) is 12.2. The van der Waals surface area contributed by atoms with Gasteiger partial charge in [-0.25, -0.2) is 8.42 Å². The van der Waals surface area contributed by atoms with Gasteiger partial charge in [0.25, 0.3) is 5.91 Å². The van der Waals surface area contributed by atoms with Crippen molar-refractivity contribution in [1.29, 1.82) is 0 Å². The van der Waals surface area contributed by atoms with E-state index in [-0.39, 0.29) is 24.0 Å². The predicted molar refractivity (Wildman–Crippen MR) is 171 cm³/mol. The lowest BCUT2D eigenvalue weighted by Crippen LogP contribution is -2.49. The van der Waals surface area contributed by atoms with Crippen LogP contribution in [0.4, 0.5) is 0 Å². The molecule has 0 unspecified atom stereocenters. The van der Waals surface area contributed by atoms with E-state index in [1.807, 2.05) is 30.3 Å². The Morgan fingerprint density at radius 1 is 0.870 bits per heavy atom. The van der Waals surface area contributed by atoms with Gasteiger partial charge in [0.1, 0.15) is 17.5 Å². The van der Waals surface area contributed by atoms with E-state index < -0.39 is 22.0 Å². The molecule has 1 aliphatic heterocycles. The van der Waals surface area contributed by atoms with Gasteiger partial charge in [0.15, 0.2) is 18.1 Å². The highest BCUT2D eigenvalue weighted by atomic mass is 32.2. The van der Waals surface area contributed by atoms with Crippen molar-refractivity contribution in [2.75, 3.05) is 60.8 Å². The molecule has 1 fully saturated rings. The number of rotatable bonds is 15. The van der Waals surface area contributed by atoms with Crippen molar-refractivity contribution in [3.8, 4) is 23.0 Å². The molecule has 1 aliphatic rings. The monoisotopic (exact) mass is 655 g/mol. The first kappa shape index (κ1) is 34.5. The predicted octanol–water partition coefficient (Wildman–Crippen LogP) is 2.89. The number of hydrogen-bond acceptors (Lipinski definition) is 9. The summed E-state index contributed by atoms with van der Waals surface area (Å²) < 4.78 is 54.1. The standard InChI is InChI=1S/C33H41N3O9S/c1-24(33(38)34-16-15-25-7-14-30(42-3)31(21-25)43-4)36(22-26-5-8-27(41-2)9-6-26)32(37)23-45-28-10-12-29(13-11-28)46(39,40)35-17-19-44-20-18-35/h5-14,21,24H,15-20,22-23H2,1-4H3,(H,34,38)/t24-/m0/s1. The molecule has 0 saturated carbocycles. The average Bonchev–Trinajstić information content (AvgIpc) is 3.09. The van der Waals surface area contributed by atoms with Gasteiger partial charge in [0.05, 0.1) is 39.4 Å². The Balaban J connectivity index is 1.40. The van der Waals surface area contributed by atoms with Crippen molar-refractivity contribution < 1.29 is 41.7 Å². The van der Waals surface area contributed by atoms with Gasteiger partial charge < -0.3 is 33.9 Å². The van der Waals surface area contributed by atoms with Crippen LogP contribution in [0.5, 0.6) is 23.0 Å². The summed E-state index contributed by atoms with van der Waals surface area (Å²) in [6, 6.07) is 17.9. The van der Waals surface area contributed by atoms with E-state index in [9.17, 15) is 18.0 Å². The molecule has 3 aromatic carbocycles. The van der Waals surface area contributed by atoms with Gasteiger partial charge in [-0.05, 0) is 73.0 Å². The van der Waals surface area contributed by atoms with Crippen LogP contribution < -0.4 is 24.3 Å². The Labute approximate surface area is 270 Å². The third-order valence-corrected chi connectivity index (χ3v) is 9.55. The van der Waals surface area contributed by atoms with Crippen molar-refractivity contribution in [2.24, 2.45) is 0 Å². The highest BCUT2D eigenvalue weighted by Gasteiger charge is 2.28. The number of nitrogens with zero attached hydrogens (tertiary/aromatic N) is 2. The second-order valence-corrected chi connectivity index (χ2v) is 12.5. The summed E-state index contributed by atoms with van der Waals surface area (Å²) in [6.45, 7) is 3.11. The molecule has 4 rings (SSSR count). The molecule has 1 heterocycles. The minimum atomic E-state index is -3.66. The molecule has 0 aliphatic carbocycles. The second-order valence-electron chi connectivity index (χ2n) is 10.6. The van der Waals surface area contributed by atoms with Gasteiger partial charge in [-0.1, -0.05) is 18.2 Å². The third kappa shape index (κ3) is 8.89. The van der Waals surface area contributed by atoms with E-state index in [2.05, 4.69) is 5.32 Å². The van der Waals surface area contributed by atoms with E-state index in [1.165, 1.54) is 33.5 Å². The number of ether oxygens (including phenoxy) is 5. The number of hydrogen-bond donors (Lipinski definition) is 1. The molecular formula is C33H41N3O9S. The first-order valence-corrected chi connectivity index (χ1v) is 16.3. The highest BCUT2D eigenvalue weighted by molar-refractivity contribution is 7.89. The molecule has 1 saturated heterocycles. The van der Waals surface area contributed by atoms with Gasteiger partial charge in [-0.15, -0.1) is 0 Å². The molecule has 13 heteroatoms. The quantitative estimate of drug-likeness (QED) is 0.263. The number of carbonyl (C=O) groups is 2. The van der Waals surface area contributed by atoms with Gasteiger partial charge in [-0.3, -0.25) is 9.59 Å². The fraction of sp³-hybridized carbons (Fsp3) is 0.394. The third-order valence-electron chi connectivity index (χ3n) is 7.63. The van der Waals surface area contributed by atoms with Crippen LogP contribution in [0.3, 0.4) is 0 Å². The fourth-order valence-corrected chi connectivity index (χ4v) is 6.30. The molecule has 0 spiro atoms. The van der Waals surface area contributed by atoms with Crippen LogP contribution in [0.25, 0.3) is 0 Å². The number of sulfonamides is 1. The van der Waals surface area contributed by atoms with E-state index in [0.29, 0.717) is 62.3 Å². The lowest BCUT2D eigenvalue weighted by atomic mass is 10.1. The van der Waals surface area contributed by atoms with E-state index in [1.54, 1.807) is 40.4 Å². The van der Waals surface area contributed by atoms with Crippen LogP contribution in [-0.2, 0) is 37.3 Å². The Morgan fingerprint density at radius 3 is 2.13 bits per heavy atom. The zero-order chi connectivity index (χ0) is 33.1. The number of morpholine rings is 1. The maximum atomic E-state index is 13.5. The smallest absolute Gasteiger partial charge is 0.261 e. The van der Waals surface area contributed by atoms with Crippen molar-refractivity contribution in [3.05, 3.63) is 77.9 Å². The number of benzene rings is 3. The van der Waals surface area contributed by atoms with Crippen molar-refractivity contribution in [2.45, 2.75) is 30.8 Å². The molecule has 2 amide bonds. The largest absolute Gasteiger partial charge is 0.497 e. The molecule has 0 bridgehead atoms. The van der Waals surface area contributed by atoms with Crippen LogP contribution in [-0.4, -0.2) is 96.3 Å². The Bertz CT molecular complexity index is 1560. The molecule has 46 heavy (non-hydrogen) atoms. The van der Waals surface area contributed by atoms with Crippen molar-refractivity contribution >= 4 is 21.8 Å². The SMILES string of the molecule is COc1ccc(CN(C(=O)COc2ccc(S(=O)(=O)N3CCOCC3)cc2)[C@@H](C)C(=O)NCCc2ccc(OC)c(OC)c2)cc1. The number of nitrogens with one attached hydrogen (secondary N) is 1. The van der Waals surface area contributed by atoms with Gasteiger partial charge in [0, 0.05) is 26.2 Å². The van der Waals surface area contributed by atoms with Crippen LogP contribution >= 0.6 is 0 Å². The van der Waals surface area contributed by atoms with Crippen LogP contribution in [0.2, 0.25) is 0 Å². The lowest BCUT2D eigenvalue weighted by Gasteiger charge is -2.29. The molecule has 1 atom stereocenters. The minimum absolute atomic E-state index is 0.132. The van der Waals surface area contributed by atoms with Crippen molar-refractivity contribution in [1.82, 2.24) is 14.5 Å². The topological polar surface area (TPSA) is 133 Å². The van der Waals surface area contributed by atoms with Crippen LogP contribution in [0.1, 0.15) is 18.1 Å². The molecule has 248 valence electrons. The summed E-state index contributed by atoms with van der Waals surface area (Å²) in [5.74, 6) is 1.48. The zero-order valence-electron chi connectivity index (χ0n) is 26.6. The summed E-state index contributed by atoms with van der Waals surface area (Å²) in [6.07, 6.45) is 0.547. The van der Waals surface area contributed by atoms with Gasteiger partial charge in [0.2, 0.25) is 15.9 Å². The maximum Gasteiger partial charge on any atom is 0.261 e. The second kappa shape index (κ2) is 16.3. The van der Waals surface area contributed by atoms with Gasteiger partial charge >= 0.3 is 0 Å². The van der Waals surface area contributed by atoms with Crippen LogP contribution in [0.15, 0.2) is 71.6 Å². The maximum absolute atomic E-state index is 13.5. The summed E-state index contributed by atoms with van der Waals surface area (Å²) >= 11 is 0. The number of amides is 2. The minimum Gasteiger partial charge on any atom is -0.497 e. The van der Waals surface area contributed by atoms with E-state index in [0.717, 1.165) is 11.1 Å². The number of carbonyl (C=O) groups excluding carboxylic acids is 2. The van der Waals surface area contributed by atoms with Gasteiger partial charge in [-0.2, -0.15) is 4.31 Å². The summed E-state index contributed by atoms with van der Waals surface area (Å²) in [7, 11) is 1.05. The Morgan fingerprint density at radius 2 is 1.50 bits per heavy atom. The highest BCUT2D eigenvalue weighted by Crippen LogP contribution is 2.27. The molecule has 3 aromatic rings. The summed E-state index contributed by atoms with van der Waals surface area (Å²) in [5.41, 5.74) is 1.76. The zero-order valence-corrected chi connectivity index (χ0v) is 27.4. The van der Waals surface area contributed by atoms with Crippen molar-refractivity contribution in [3.63, 3.8) is 0 Å². The molecule has 1 N–H and O–H groups in total. The van der Waals surface area contributed by atoms with E-state index >= 15 is 0 Å². The Hall–Kier alpha value is -4.33. The molecule has 12 nitrogen and oxygen atoms in total. The van der Waals surface area contributed by atoms with Crippen LogP contribution in [0, 0.1) is 0 Å². The normalized spacial score (nSPS) is 14.2. The molecule has 0 aromatic heterocycles. The fourth-order valence-electron chi connectivity index (χ4n) is 4.90. The number of methoxy groups -OCH3 is 3. The molecular weight excluding hydrogens is 614 g/mol. The van der Waals surface area contributed by atoms with E-state index in [4.69, 9.17) is 23.7 Å². The first-order chi connectivity index (χ1) is 22.2. The summed E-state index contributed by atoms with van der Waals surface area (Å²) in [5, 5.41) is 2.92. The lowest BCUT2D eigenvalue weighted by molar-refractivity contribution is -0.142. The molecule has 0 radical (unpaired) electrons. The average molecular weight is 656 g/mol.